The third-order valence-corrected chi connectivity index (χ3v) is 2.67. The highest BCUT2D eigenvalue weighted by Crippen LogP contribution is 2.09. The van der Waals surface area contributed by atoms with Crippen molar-refractivity contribution in [2.24, 2.45) is 4.99 Å². The van der Waals surface area contributed by atoms with Crippen molar-refractivity contribution in [3.8, 4) is 0 Å². The van der Waals surface area contributed by atoms with E-state index in [1.165, 1.54) is 51.4 Å². The first-order valence-corrected chi connectivity index (χ1v) is 6.28. The van der Waals surface area contributed by atoms with Gasteiger partial charge in [-0.3, -0.25) is 4.79 Å². The lowest BCUT2D eigenvalue weighted by atomic mass is 10.1. The summed E-state index contributed by atoms with van der Waals surface area (Å²) in [7, 11) is 0. The summed E-state index contributed by atoms with van der Waals surface area (Å²) in [5.74, 6) is 0. The summed E-state index contributed by atoms with van der Waals surface area (Å²) in [5.41, 5.74) is 0.969. The second-order valence-corrected chi connectivity index (χ2v) is 4.19. The third kappa shape index (κ3) is 11.3. The summed E-state index contributed by atoms with van der Waals surface area (Å²) < 4.78 is 0. The highest BCUT2D eigenvalue weighted by molar-refractivity contribution is 5.87. The number of nitrogens with zero attached hydrogens (tertiary/aromatic N) is 1. The second kappa shape index (κ2) is 11.4. The van der Waals surface area contributed by atoms with Crippen molar-refractivity contribution in [1.82, 2.24) is 0 Å². The normalized spacial score (nSPS) is 11.7. The predicted octanol–water partition coefficient (Wildman–Crippen LogP) is 4.13. The van der Waals surface area contributed by atoms with Gasteiger partial charge in [-0.15, -0.1) is 0 Å². The minimum absolute atomic E-state index is 0.639. The van der Waals surface area contributed by atoms with E-state index in [0.29, 0.717) is 6.41 Å². The molecule has 0 saturated heterocycles. The van der Waals surface area contributed by atoms with Crippen LogP contribution in [-0.4, -0.2) is 12.1 Å². The average molecular weight is 211 g/mol. The van der Waals surface area contributed by atoms with E-state index in [1.54, 1.807) is 0 Å². The van der Waals surface area contributed by atoms with Gasteiger partial charge in [-0.05, 0) is 19.8 Å². The Morgan fingerprint density at radius 2 is 1.53 bits per heavy atom. The van der Waals surface area contributed by atoms with Crippen molar-refractivity contribution in [2.45, 2.75) is 71.6 Å². The highest BCUT2D eigenvalue weighted by atomic mass is 16.1. The SMILES string of the molecule is CCCCCCCCCCC(C)=NC=O. The molecule has 0 aromatic rings. The number of hydrogen-bond acceptors (Lipinski definition) is 1. The molecule has 0 spiro atoms. The number of rotatable bonds is 10. The minimum Gasteiger partial charge on any atom is -0.276 e. The van der Waals surface area contributed by atoms with Gasteiger partial charge in [0.25, 0.3) is 0 Å². The molecule has 15 heavy (non-hydrogen) atoms. The molecule has 0 unspecified atom stereocenters. The fourth-order valence-electron chi connectivity index (χ4n) is 1.67. The first kappa shape index (κ1) is 14.3. The zero-order valence-corrected chi connectivity index (χ0v) is 10.3. The largest absolute Gasteiger partial charge is 0.276 e. The van der Waals surface area contributed by atoms with Gasteiger partial charge in [0.15, 0.2) is 0 Å². The second-order valence-electron chi connectivity index (χ2n) is 4.19. The fourth-order valence-corrected chi connectivity index (χ4v) is 1.67. The number of carbonyl (C=O) groups excluding carboxylic acids is 1. The predicted molar refractivity (Wildman–Crippen MR) is 66.4 cm³/mol. The van der Waals surface area contributed by atoms with E-state index >= 15 is 0 Å². The standard InChI is InChI=1S/C13H25NO/c1-3-4-5-6-7-8-9-10-11-13(2)14-12-15/h12H,3-11H2,1-2H3. The zero-order chi connectivity index (χ0) is 11.4. The molecule has 2 nitrogen and oxygen atoms in total. The lowest BCUT2D eigenvalue weighted by Gasteiger charge is -2.01. The summed E-state index contributed by atoms with van der Waals surface area (Å²) >= 11 is 0. The molecule has 0 bridgehead atoms. The molecule has 88 valence electrons. The van der Waals surface area contributed by atoms with Crippen molar-refractivity contribution in [3.05, 3.63) is 0 Å². The summed E-state index contributed by atoms with van der Waals surface area (Å²) in [5, 5.41) is 0. The number of unbranched alkanes of at least 4 members (excludes halogenated alkanes) is 7. The van der Waals surface area contributed by atoms with Crippen LogP contribution in [0.25, 0.3) is 0 Å². The van der Waals surface area contributed by atoms with E-state index in [4.69, 9.17) is 0 Å². The Kier molecular flexibility index (Phi) is 10.9. The van der Waals surface area contributed by atoms with Crippen LogP contribution in [0.4, 0.5) is 0 Å². The molecule has 0 N–H and O–H groups in total. The van der Waals surface area contributed by atoms with Crippen molar-refractivity contribution in [2.75, 3.05) is 0 Å². The molecule has 0 fully saturated rings. The fraction of sp³-hybridized carbons (Fsp3) is 0.846. The van der Waals surface area contributed by atoms with Gasteiger partial charge in [-0.2, -0.15) is 0 Å². The van der Waals surface area contributed by atoms with Crippen LogP contribution < -0.4 is 0 Å². The topological polar surface area (TPSA) is 29.4 Å². The molecule has 0 aromatic carbocycles. The maximum Gasteiger partial charge on any atom is 0.232 e. The number of hydrogen-bond donors (Lipinski definition) is 0. The molecule has 0 aliphatic carbocycles. The number of carbonyl (C=O) groups is 1. The van der Waals surface area contributed by atoms with Crippen LogP contribution in [0, 0.1) is 0 Å². The molecule has 0 radical (unpaired) electrons. The van der Waals surface area contributed by atoms with Crippen LogP contribution in [-0.2, 0) is 4.79 Å². The summed E-state index contributed by atoms with van der Waals surface area (Å²) in [4.78, 5) is 13.8. The van der Waals surface area contributed by atoms with E-state index in [-0.39, 0.29) is 0 Å². The lowest BCUT2D eigenvalue weighted by Crippen LogP contribution is -1.91. The van der Waals surface area contributed by atoms with Gasteiger partial charge >= 0.3 is 0 Å². The molecule has 0 rings (SSSR count). The maximum absolute atomic E-state index is 10.1. The van der Waals surface area contributed by atoms with E-state index in [9.17, 15) is 4.79 Å². The molecule has 0 saturated carbocycles. The molecule has 2 heteroatoms. The van der Waals surface area contributed by atoms with Gasteiger partial charge in [0.1, 0.15) is 0 Å². The maximum atomic E-state index is 10.1. The summed E-state index contributed by atoms with van der Waals surface area (Å²) in [6.45, 7) is 4.17. The Morgan fingerprint density at radius 1 is 1.00 bits per heavy atom. The van der Waals surface area contributed by atoms with Gasteiger partial charge in [0.2, 0.25) is 6.41 Å². The third-order valence-electron chi connectivity index (χ3n) is 2.67. The van der Waals surface area contributed by atoms with E-state index in [0.717, 1.165) is 12.1 Å². The Labute approximate surface area is 94.2 Å². The molecular weight excluding hydrogens is 186 g/mol. The Morgan fingerprint density at radius 3 is 2.07 bits per heavy atom. The minimum atomic E-state index is 0.639. The van der Waals surface area contributed by atoms with Gasteiger partial charge in [-0.25, -0.2) is 4.99 Å². The average Bonchev–Trinajstić information content (AvgIpc) is 2.22. The Balaban J connectivity index is 3.11. The molecule has 0 aromatic heterocycles. The molecular formula is C13H25NO. The Hall–Kier alpha value is -0.660. The van der Waals surface area contributed by atoms with Gasteiger partial charge in [0, 0.05) is 5.71 Å². The molecule has 1 amide bonds. The highest BCUT2D eigenvalue weighted by Gasteiger charge is 1.93. The van der Waals surface area contributed by atoms with Crippen molar-refractivity contribution < 1.29 is 4.79 Å². The number of amides is 1. The van der Waals surface area contributed by atoms with E-state index < -0.39 is 0 Å². The van der Waals surface area contributed by atoms with Crippen LogP contribution in [0.15, 0.2) is 4.99 Å². The van der Waals surface area contributed by atoms with E-state index in [1.807, 2.05) is 6.92 Å². The first-order chi connectivity index (χ1) is 7.31. The summed E-state index contributed by atoms with van der Waals surface area (Å²) in [6, 6.07) is 0. The zero-order valence-electron chi connectivity index (χ0n) is 10.3. The van der Waals surface area contributed by atoms with E-state index in [2.05, 4.69) is 11.9 Å². The van der Waals surface area contributed by atoms with Crippen molar-refractivity contribution in [1.29, 1.82) is 0 Å². The van der Waals surface area contributed by atoms with Crippen molar-refractivity contribution in [3.63, 3.8) is 0 Å². The van der Waals surface area contributed by atoms with Gasteiger partial charge in [-0.1, -0.05) is 51.9 Å². The van der Waals surface area contributed by atoms with Crippen LogP contribution in [0.2, 0.25) is 0 Å². The number of aliphatic imine (C=N–C) groups is 1. The van der Waals surface area contributed by atoms with Crippen LogP contribution in [0.3, 0.4) is 0 Å². The summed E-state index contributed by atoms with van der Waals surface area (Å²) in [6.07, 6.45) is 12.2. The Bertz CT molecular complexity index is 175. The molecule has 0 atom stereocenters. The van der Waals surface area contributed by atoms with Crippen LogP contribution in [0.1, 0.15) is 71.6 Å². The van der Waals surface area contributed by atoms with Crippen LogP contribution >= 0.6 is 0 Å². The smallest absolute Gasteiger partial charge is 0.232 e. The quantitative estimate of drug-likeness (QED) is 0.303. The van der Waals surface area contributed by atoms with Gasteiger partial charge < -0.3 is 0 Å². The monoisotopic (exact) mass is 211 g/mol. The van der Waals surface area contributed by atoms with Gasteiger partial charge in [0.05, 0.1) is 0 Å². The van der Waals surface area contributed by atoms with Crippen molar-refractivity contribution >= 4 is 12.1 Å². The molecule has 0 aliphatic rings. The van der Waals surface area contributed by atoms with Crippen LogP contribution in [0.5, 0.6) is 0 Å². The lowest BCUT2D eigenvalue weighted by molar-refractivity contribution is -0.106. The molecule has 0 heterocycles. The molecule has 0 aliphatic heterocycles. The first-order valence-electron chi connectivity index (χ1n) is 6.28.